The number of rotatable bonds is 1. The highest BCUT2D eigenvalue weighted by Gasteiger charge is 2.30. The van der Waals surface area contributed by atoms with Gasteiger partial charge in [-0.25, -0.2) is 0 Å². The summed E-state index contributed by atoms with van der Waals surface area (Å²) in [4.78, 5) is 3.81. The van der Waals surface area contributed by atoms with Crippen molar-refractivity contribution in [3.8, 4) is 11.1 Å². The molecule has 0 saturated carbocycles. The lowest BCUT2D eigenvalue weighted by molar-refractivity contribution is -0.137. The van der Waals surface area contributed by atoms with Crippen molar-refractivity contribution in [2.45, 2.75) is 6.18 Å². The summed E-state index contributed by atoms with van der Waals surface area (Å²) in [5.41, 5.74) is 0.483. The van der Waals surface area contributed by atoms with Crippen LogP contribution in [0.4, 0.5) is 13.2 Å². The zero-order chi connectivity index (χ0) is 11.6. The van der Waals surface area contributed by atoms with Crippen molar-refractivity contribution in [1.82, 2.24) is 4.98 Å². The van der Waals surface area contributed by atoms with Crippen molar-refractivity contribution in [2.24, 2.45) is 0 Å². The Morgan fingerprint density at radius 2 is 1.69 bits per heavy atom. The summed E-state index contributed by atoms with van der Waals surface area (Å²) in [7, 11) is 0. The minimum absolute atomic E-state index is 0.484. The first kappa shape index (κ1) is 10.7. The van der Waals surface area contributed by atoms with Crippen LogP contribution in [0, 0.1) is 6.07 Å². The lowest BCUT2D eigenvalue weighted by atomic mass is 10.0. The smallest absolute Gasteiger partial charge is 0.265 e. The Morgan fingerprint density at radius 1 is 1.00 bits per heavy atom. The Labute approximate surface area is 90.6 Å². The highest BCUT2D eigenvalue weighted by atomic mass is 19.4. The van der Waals surface area contributed by atoms with E-state index < -0.39 is 11.7 Å². The summed E-state index contributed by atoms with van der Waals surface area (Å²) < 4.78 is 37.4. The molecule has 1 aromatic heterocycles. The van der Waals surface area contributed by atoms with Crippen LogP contribution in [0.3, 0.4) is 0 Å². The molecule has 0 bridgehead atoms. The third kappa shape index (κ3) is 2.21. The number of nitrogens with zero attached hydrogens (tertiary/aromatic N) is 1. The quantitative estimate of drug-likeness (QED) is 0.718. The standard InChI is InChI=1S/C12H7F3N/c13-12(14,15)11-3-1-2-10(8-11)9-4-6-16-7-5-9/h2-8H. The van der Waals surface area contributed by atoms with E-state index in [1.807, 2.05) is 0 Å². The molecule has 16 heavy (non-hydrogen) atoms. The fourth-order valence-corrected chi connectivity index (χ4v) is 1.35. The minimum atomic E-state index is -4.33. The molecule has 0 saturated heterocycles. The number of hydrogen-bond acceptors (Lipinski definition) is 1. The average molecular weight is 222 g/mol. The highest BCUT2D eigenvalue weighted by molar-refractivity contribution is 5.63. The molecule has 1 nitrogen and oxygen atoms in total. The van der Waals surface area contributed by atoms with Crippen molar-refractivity contribution in [3.63, 3.8) is 0 Å². The second-order valence-electron chi connectivity index (χ2n) is 3.24. The number of halogens is 3. The van der Waals surface area contributed by atoms with Gasteiger partial charge >= 0.3 is 6.18 Å². The van der Waals surface area contributed by atoms with E-state index in [1.54, 1.807) is 12.1 Å². The van der Waals surface area contributed by atoms with Crippen molar-refractivity contribution in [2.75, 3.05) is 0 Å². The average Bonchev–Trinajstić information content (AvgIpc) is 2.29. The van der Waals surface area contributed by atoms with Gasteiger partial charge in [0.1, 0.15) is 0 Å². The van der Waals surface area contributed by atoms with E-state index in [2.05, 4.69) is 11.1 Å². The predicted octanol–water partition coefficient (Wildman–Crippen LogP) is 3.57. The first-order valence-corrected chi connectivity index (χ1v) is 4.56. The molecule has 1 heterocycles. The van der Waals surface area contributed by atoms with E-state index in [4.69, 9.17) is 0 Å². The normalized spacial score (nSPS) is 11.4. The fourth-order valence-electron chi connectivity index (χ4n) is 1.35. The largest absolute Gasteiger partial charge is 0.416 e. The Kier molecular flexibility index (Phi) is 2.64. The maximum Gasteiger partial charge on any atom is 0.416 e. The number of hydrogen-bond donors (Lipinski definition) is 0. The molecule has 0 fully saturated rings. The first-order chi connectivity index (χ1) is 7.57. The third-order valence-electron chi connectivity index (χ3n) is 2.13. The summed E-state index contributed by atoms with van der Waals surface area (Å²) in [6.07, 6.45) is -1.26. The summed E-state index contributed by atoms with van der Waals surface area (Å²) >= 11 is 0. The molecule has 2 aromatic rings. The molecule has 0 atom stereocenters. The minimum Gasteiger partial charge on any atom is -0.265 e. The van der Waals surface area contributed by atoms with E-state index >= 15 is 0 Å². The molecule has 1 aromatic carbocycles. The predicted molar refractivity (Wildman–Crippen MR) is 53.5 cm³/mol. The van der Waals surface area contributed by atoms with Crippen molar-refractivity contribution < 1.29 is 13.2 Å². The van der Waals surface area contributed by atoms with Crippen LogP contribution in [0.5, 0.6) is 0 Å². The van der Waals surface area contributed by atoms with E-state index in [-0.39, 0.29) is 0 Å². The van der Waals surface area contributed by atoms with E-state index in [0.717, 1.165) is 12.1 Å². The molecule has 2 rings (SSSR count). The Balaban J connectivity index is 2.45. The Hall–Kier alpha value is -1.84. The molecule has 81 valence electrons. The van der Waals surface area contributed by atoms with Crippen LogP contribution in [0.1, 0.15) is 5.56 Å². The van der Waals surface area contributed by atoms with Gasteiger partial charge in [0, 0.05) is 12.4 Å². The topological polar surface area (TPSA) is 12.9 Å². The molecular weight excluding hydrogens is 215 g/mol. The van der Waals surface area contributed by atoms with Crippen LogP contribution in [-0.2, 0) is 6.18 Å². The third-order valence-corrected chi connectivity index (χ3v) is 2.13. The van der Waals surface area contributed by atoms with Gasteiger partial charge in [-0.2, -0.15) is 13.2 Å². The Morgan fingerprint density at radius 3 is 2.31 bits per heavy atom. The Bertz CT molecular complexity index is 477. The number of aromatic nitrogens is 1. The maximum atomic E-state index is 12.5. The number of pyridine rings is 1. The monoisotopic (exact) mass is 222 g/mol. The zero-order valence-electron chi connectivity index (χ0n) is 8.12. The second-order valence-corrected chi connectivity index (χ2v) is 3.24. The van der Waals surface area contributed by atoms with Crippen LogP contribution in [0.2, 0.25) is 0 Å². The molecule has 0 N–H and O–H groups in total. The van der Waals surface area contributed by atoms with Crippen molar-refractivity contribution in [1.29, 1.82) is 0 Å². The molecule has 0 aliphatic rings. The van der Waals surface area contributed by atoms with Crippen LogP contribution in [0.15, 0.2) is 42.7 Å². The maximum absolute atomic E-state index is 12.5. The number of benzene rings is 1. The molecule has 0 aliphatic carbocycles. The van der Waals surface area contributed by atoms with Gasteiger partial charge < -0.3 is 0 Å². The molecular formula is C12H7F3N. The molecule has 1 radical (unpaired) electrons. The van der Waals surface area contributed by atoms with Gasteiger partial charge in [-0.1, -0.05) is 0 Å². The van der Waals surface area contributed by atoms with Crippen LogP contribution in [-0.4, -0.2) is 4.98 Å². The van der Waals surface area contributed by atoms with E-state index in [0.29, 0.717) is 11.1 Å². The SMILES string of the molecule is FC(F)(F)c1c[c]cc(-c2ccncc2)c1. The van der Waals surface area contributed by atoms with Gasteiger partial charge in [0.05, 0.1) is 5.56 Å². The van der Waals surface area contributed by atoms with E-state index in [9.17, 15) is 13.2 Å². The zero-order valence-corrected chi connectivity index (χ0v) is 8.12. The lowest BCUT2D eigenvalue weighted by Gasteiger charge is -2.08. The summed E-state index contributed by atoms with van der Waals surface area (Å²) in [6.45, 7) is 0. The van der Waals surface area contributed by atoms with Gasteiger partial charge in [-0.3, -0.25) is 4.98 Å². The summed E-state index contributed by atoms with van der Waals surface area (Å²) in [5.74, 6) is 0. The van der Waals surface area contributed by atoms with Crippen LogP contribution < -0.4 is 0 Å². The van der Waals surface area contributed by atoms with Crippen molar-refractivity contribution >= 4 is 0 Å². The summed E-state index contributed by atoms with van der Waals surface area (Å²) in [5, 5.41) is 0. The van der Waals surface area contributed by atoms with Gasteiger partial charge in [0.25, 0.3) is 0 Å². The van der Waals surface area contributed by atoms with Crippen LogP contribution in [0.25, 0.3) is 11.1 Å². The van der Waals surface area contributed by atoms with Crippen LogP contribution >= 0.6 is 0 Å². The van der Waals surface area contributed by atoms with Gasteiger partial charge in [-0.05, 0) is 47.5 Å². The first-order valence-electron chi connectivity index (χ1n) is 4.56. The summed E-state index contributed by atoms with van der Waals surface area (Å²) in [6, 6.07) is 9.36. The van der Waals surface area contributed by atoms with E-state index in [1.165, 1.54) is 18.5 Å². The number of alkyl halides is 3. The highest BCUT2D eigenvalue weighted by Crippen LogP contribution is 2.31. The van der Waals surface area contributed by atoms with Gasteiger partial charge in [0.15, 0.2) is 0 Å². The molecule has 0 aliphatic heterocycles. The molecule has 0 amide bonds. The second kappa shape index (κ2) is 3.96. The molecule has 0 unspecified atom stereocenters. The lowest BCUT2D eigenvalue weighted by Crippen LogP contribution is -2.04. The van der Waals surface area contributed by atoms with Gasteiger partial charge in [-0.15, -0.1) is 0 Å². The van der Waals surface area contributed by atoms with Crippen molar-refractivity contribution in [3.05, 3.63) is 54.4 Å². The van der Waals surface area contributed by atoms with Gasteiger partial charge in [0.2, 0.25) is 0 Å². The molecule has 0 spiro atoms. The fraction of sp³-hybridized carbons (Fsp3) is 0.0833. The molecule has 4 heteroatoms.